The van der Waals surface area contributed by atoms with E-state index in [1.54, 1.807) is 18.2 Å². The summed E-state index contributed by atoms with van der Waals surface area (Å²) >= 11 is 7.31. The molecule has 1 aliphatic heterocycles. The van der Waals surface area contributed by atoms with Crippen molar-refractivity contribution in [2.75, 3.05) is 17.3 Å². The van der Waals surface area contributed by atoms with Gasteiger partial charge in [-0.2, -0.15) is 4.99 Å². The average molecular weight is 466 g/mol. The van der Waals surface area contributed by atoms with E-state index in [1.807, 2.05) is 65.6 Å². The van der Waals surface area contributed by atoms with Crippen LogP contribution in [0.1, 0.15) is 6.42 Å². The fourth-order valence-corrected chi connectivity index (χ4v) is 4.55. The minimum Gasteiger partial charge on any atom is -0.495 e. The number of nitrogens with zero attached hydrogens (tertiary/aromatic N) is 2. The Morgan fingerprint density at radius 2 is 1.69 bits per heavy atom. The summed E-state index contributed by atoms with van der Waals surface area (Å²) in [5.74, 6) is -0.168. The largest absolute Gasteiger partial charge is 0.495 e. The zero-order valence-electron chi connectivity index (χ0n) is 17.2. The predicted molar refractivity (Wildman–Crippen MR) is 130 cm³/mol. The number of carbonyl (C=O) groups is 2. The molecular formula is C24H20ClN3O3S. The van der Waals surface area contributed by atoms with Crippen molar-refractivity contribution in [1.82, 2.24) is 0 Å². The van der Waals surface area contributed by atoms with Crippen LogP contribution in [0.4, 0.5) is 17.1 Å². The van der Waals surface area contributed by atoms with Crippen molar-refractivity contribution in [2.24, 2.45) is 4.99 Å². The maximum absolute atomic E-state index is 12.7. The molecule has 0 bridgehead atoms. The second-order valence-corrected chi connectivity index (χ2v) is 8.55. The van der Waals surface area contributed by atoms with Gasteiger partial charge in [-0.3, -0.25) is 14.5 Å². The summed E-state index contributed by atoms with van der Waals surface area (Å²) in [7, 11) is 1.51. The maximum Gasteiger partial charge on any atom is 0.262 e. The van der Waals surface area contributed by atoms with Gasteiger partial charge in [0, 0.05) is 22.8 Å². The van der Waals surface area contributed by atoms with Crippen LogP contribution < -0.4 is 15.0 Å². The molecule has 0 saturated carbocycles. The number of ether oxygens (including phenoxy) is 1. The quantitative estimate of drug-likeness (QED) is 0.519. The molecule has 0 aromatic heterocycles. The Labute approximate surface area is 195 Å². The first-order valence-electron chi connectivity index (χ1n) is 9.88. The number of nitrogens with one attached hydrogen (secondary N) is 1. The molecule has 0 fully saturated rings. The minimum atomic E-state index is -0.620. The van der Waals surface area contributed by atoms with E-state index in [9.17, 15) is 9.59 Å². The van der Waals surface area contributed by atoms with Crippen molar-refractivity contribution >= 4 is 57.4 Å². The maximum atomic E-state index is 12.7. The zero-order chi connectivity index (χ0) is 22.5. The van der Waals surface area contributed by atoms with Crippen LogP contribution in [0, 0.1) is 0 Å². The number of rotatable bonds is 6. The van der Waals surface area contributed by atoms with Crippen molar-refractivity contribution in [3.63, 3.8) is 0 Å². The number of anilines is 3. The van der Waals surface area contributed by atoms with Gasteiger partial charge in [0.1, 0.15) is 11.0 Å². The molecule has 0 aliphatic carbocycles. The average Bonchev–Trinajstić information content (AvgIpc) is 3.15. The van der Waals surface area contributed by atoms with Gasteiger partial charge in [-0.1, -0.05) is 59.8 Å². The van der Waals surface area contributed by atoms with Crippen LogP contribution in [0.3, 0.4) is 0 Å². The Bertz CT molecular complexity index is 1120. The molecule has 1 aliphatic rings. The summed E-state index contributed by atoms with van der Waals surface area (Å²) in [4.78, 5) is 31.5. The molecular weight excluding hydrogens is 446 g/mol. The molecule has 0 spiro atoms. The van der Waals surface area contributed by atoms with Crippen LogP contribution in [0.15, 0.2) is 83.9 Å². The summed E-state index contributed by atoms with van der Waals surface area (Å²) in [6.07, 6.45) is -0.0242. The van der Waals surface area contributed by atoms with E-state index >= 15 is 0 Å². The summed E-state index contributed by atoms with van der Waals surface area (Å²) in [6, 6.07) is 24.3. The highest BCUT2D eigenvalue weighted by molar-refractivity contribution is 8.15. The van der Waals surface area contributed by atoms with Crippen molar-refractivity contribution in [3.8, 4) is 5.75 Å². The standard InChI is InChI=1S/C24H20ClN3O3S/c1-31-20-13-12-16(25)14-19(20)26-22(29)15-21-23(30)27-24(32-21)28(17-8-4-2-5-9-17)18-10-6-3-7-11-18/h2-14,21H,15H2,1H3,(H,26,29). The van der Waals surface area contributed by atoms with Crippen LogP contribution >= 0.6 is 23.4 Å². The monoisotopic (exact) mass is 465 g/mol. The Morgan fingerprint density at radius 1 is 1.06 bits per heavy atom. The van der Waals surface area contributed by atoms with Gasteiger partial charge in [0.15, 0.2) is 5.17 Å². The van der Waals surface area contributed by atoms with Gasteiger partial charge in [-0.25, -0.2) is 0 Å². The molecule has 1 unspecified atom stereocenters. The third-order valence-electron chi connectivity index (χ3n) is 4.76. The van der Waals surface area contributed by atoms with E-state index in [4.69, 9.17) is 16.3 Å². The topological polar surface area (TPSA) is 71.0 Å². The number of hydrogen-bond donors (Lipinski definition) is 1. The number of carbonyl (C=O) groups excluding carboxylic acids is 2. The molecule has 8 heteroatoms. The van der Waals surface area contributed by atoms with Crippen molar-refractivity contribution < 1.29 is 14.3 Å². The van der Waals surface area contributed by atoms with Gasteiger partial charge in [-0.05, 0) is 42.5 Å². The van der Waals surface area contributed by atoms with Crippen LogP contribution in [-0.4, -0.2) is 29.3 Å². The molecule has 2 amide bonds. The molecule has 3 aromatic carbocycles. The van der Waals surface area contributed by atoms with E-state index in [-0.39, 0.29) is 18.2 Å². The normalized spacial score (nSPS) is 15.2. The van der Waals surface area contributed by atoms with Gasteiger partial charge in [0.05, 0.1) is 12.8 Å². The predicted octanol–water partition coefficient (Wildman–Crippen LogP) is 5.51. The van der Waals surface area contributed by atoms with Crippen LogP contribution in [0.5, 0.6) is 5.75 Å². The van der Waals surface area contributed by atoms with Gasteiger partial charge in [0.2, 0.25) is 5.91 Å². The molecule has 0 radical (unpaired) electrons. The number of hydrogen-bond acceptors (Lipinski definition) is 5. The Kier molecular flexibility index (Phi) is 6.78. The lowest BCUT2D eigenvalue weighted by atomic mass is 10.2. The number of para-hydroxylation sites is 2. The number of aliphatic imine (C=N–C) groups is 1. The van der Waals surface area contributed by atoms with Crippen molar-refractivity contribution in [3.05, 3.63) is 83.9 Å². The number of methoxy groups -OCH3 is 1. The number of benzene rings is 3. The lowest BCUT2D eigenvalue weighted by molar-refractivity contribution is -0.121. The van der Waals surface area contributed by atoms with E-state index < -0.39 is 5.25 Å². The second kappa shape index (κ2) is 9.89. The second-order valence-electron chi connectivity index (χ2n) is 6.94. The summed E-state index contributed by atoms with van der Waals surface area (Å²) in [6.45, 7) is 0. The molecule has 6 nitrogen and oxygen atoms in total. The zero-order valence-corrected chi connectivity index (χ0v) is 18.8. The van der Waals surface area contributed by atoms with Gasteiger partial charge in [0.25, 0.3) is 5.91 Å². The Hall–Kier alpha value is -3.29. The number of thioether (sulfide) groups is 1. The SMILES string of the molecule is COc1ccc(Cl)cc1NC(=O)CC1SC(N(c2ccccc2)c2ccccc2)=NC1=O. The third-order valence-corrected chi connectivity index (χ3v) is 6.13. The smallest absolute Gasteiger partial charge is 0.262 e. The molecule has 162 valence electrons. The third kappa shape index (κ3) is 4.95. The fourth-order valence-electron chi connectivity index (χ4n) is 3.27. The number of amides is 2. The number of halogens is 1. The molecule has 1 heterocycles. The van der Waals surface area contributed by atoms with Gasteiger partial charge in [-0.15, -0.1) is 0 Å². The van der Waals surface area contributed by atoms with E-state index in [1.165, 1.54) is 18.9 Å². The molecule has 0 saturated heterocycles. The number of amidine groups is 1. The Balaban J connectivity index is 1.51. The van der Waals surface area contributed by atoms with Crippen LogP contribution in [0.2, 0.25) is 5.02 Å². The van der Waals surface area contributed by atoms with E-state index in [0.29, 0.717) is 21.6 Å². The first kappa shape index (κ1) is 21.9. The van der Waals surface area contributed by atoms with Crippen molar-refractivity contribution in [2.45, 2.75) is 11.7 Å². The van der Waals surface area contributed by atoms with Gasteiger partial charge < -0.3 is 10.1 Å². The summed E-state index contributed by atoms with van der Waals surface area (Å²) < 4.78 is 5.26. The highest BCUT2D eigenvalue weighted by Crippen LogP contribution is 2.35. The molecule has 3 aromatic rings. The van der Waals surface area contributed by atoms with E-state index in [2.05, 4.69) is 10.3 Å². The van der Waals surface area contributed by atoms with Crippen molar-refractivity contribution in [1.29, 1.82) is 0 Å². The highest BCUT2D eigenvalue weighted by Gasteiger charge is 2.34. The van der Waals surface area contributed by atoms with Crippen LogP contribution in [0.25, 0.3) is 0 Å². The van der Waals surface area contributed by atoms with E-state index in [0.717, 1.165) is 11.4 Å². The minimum absolute atomic E-state index is 0.0242. The van der Waals surface area contributed by atoms with Gasteiger partial charge >= 0.3 is 0 Å². The summed E-state index contributed by atoms with van der Waals surface area (Å²) in [5.41, 5.74) is 2.22. The first-order valence-corrected chi connectivity index (χ1v) is 11.1. The lowest BCUT2D eigenvalue weighted by Gasteiger charge is -2.24. The molecule has 1 atom stereocenters. The summed E-state index contributed by atoms with van der Waals surface area (Å²) in [5, 5.41) is 3.16. The Morgan fingerprint density at radius 3 is 2.28 bits per heavy atom. The fraction of sp³-hybridized carbons (Fsp3) is 0.125. The molecule has 32 heavy (non-hydrogen) atoms. The lowest BCUT2D eigenvalue weighted by Crippen LogP contribution is -2.24. The highest BCUT2D eigenvalue weighted by atomic mass is 35.5. The first-order chi connectivity index (χ1) is 15.5. The van der Waals surface area contributed by atoms with Crippen LogP contribution in [-0.2, 0) is 9.59 Å². The molecule has 4 rings (SSSR count). The molecule has 1 N–H and O–H groups in total.